The Hall–Kier alpha value is -3.38. The zero-order valence-corrected chi connectivity index (χ0v) is 15.9. The Morgan fingerprint density at radius 1 is 1.29 bits per heavy atom. The normalized spacial score (nSPS) is 11.1. The molecule has 2 aromatic heterocycles. The van der Waals surface area contributed by atoms with Gasteiger partial charge < -0.3 is 9.67 Å². The molecule has 0 aliphatic rings. The lowest BCUT2D eigenvalue weighted by Crippen LogP contribution is -2.34. The van der Waals surface area contributed by atoms with Gasteiger partial charge in [-0.2, -0.15) is 0 Å². The van der Waals surface area contributed by atoms with E-state index < -0.39 is 18.4 Å². The lowest BCUT2D eigenvalue weighted by atomic mass is 10.1. The van der Waals surface area contributed by atoms with Crippen molar-refractivity contribution in [3.63, 3.8) is 0 Å². The number of hydrogen-bond acceptors (Lipinski definition) is 3. The summed E-state index contributed by atoms with van der Waals surface area (Å²) in [6.07, 6.45) is 8.37. The maximum absolute atomic E-state index is 12.1. The van der Waals surface area contributed by atoms with Gasteiger partial charge in [0.1, 0.15) is 12.2 Å². The number of nitrogens with zero attached hydrogens (tertiary/aromatic N) is 3. The molecule has 0 aliphatic carbocycles. The van der Waals surface area contributed by atoms with Gasteiger partial charge >= 0.3 is 5.97 Å². The number of aryl methyl sites for hydroxylation is 1. The molecule has 0 saturated heterocycles. The van der Waals surface area contributed by atoms with Crippen LogP contribution in [0.25, 0.3) is 23.2 Å². The summed E-state index contributed by atoms with van der Waals surface area (Å²) in [6, 6.07) is 9.20. The van der Waals surface area contributed by atoms with Crippen LogP contribution in [-0.2, 0) is 16.6 Å². The molecule has 1 N–H and O–H groups in total. The minimum absolute atomic E-state index is 0.396. The lowest BCUT2D eigenvalue weighted by molar-refractivity contribution is -0.136. The van der Waals surface area contributed by atoms with Crippen molar-refractivity contribution >= 4 is 52.4 Å². The Bertz CT molecular complexity index is 1080. The van der Waals surface area contributed by atoms with Gasteiger partial charge in [0.2, 0.25) is 0 Å². The van der Waals surface area contributed by atoms with Crippen molar-refractivity contribution in [3.8, 4) is 0 Å². The summed E-state index contributed by atoms with van der Waals surface area (Å²) in [6.45, 7) is 2.97. The highest BCUT2D eigenvalue weighted by molar-refractivity contribution is 6.30. The fourth-order valence-electron chi connectivity index (χ4n) is 2.86. The molecule has 0 aliphatic heterocycles. The summed E-state index contributed by atoms with van der Waals surface area (Å²) < 4.78 is 1.87. The predicted molar refractivity (Wildman–Crippen MR) is 111 cm³/mol. The molecule has 7 heteroatoms. The van der Waals surface area contributed by atoms with Gasteiger partial charge in [-0.25, -0.2) is 4.98 Å². The molecule has 3 rings (SSSR count). The zero-order valence-electron chi connectivity index (χ0n) is 15.2. The number of anilines is 1. The van der Waals surface area contributed by atoms with Crippen LogP contribution in [0, 0.1) is 0 Å². The van der Waals surface area contributed by atoms with Crippen LogP contribution in [0.1, 0.15) is 11.1 Å². The molecular formula is C21H18ClN3O3. The molecule has 3 aromatic rings. The van der Waals surface area contributed by atoms with E-state index in [0.29, 0.717) is 10.7 Å². The van der Waals surface area contributed by atoms with E-state index in [-0.39, 0.29) is 0 Å². The number of carbonyl (C=O) groups excluding carboxylic acids is 1. The summed E-state index contributed by atoms with van der Waals surface area (Å²) in [5.74, 6) is -1.62. The maximum atomic E-state index is 12.1. The molecule has 142 valence electrons. The van der Waals surface area contributed by atoms with Gasteiger partial charge in [0.25, 0.3) is 5.91 Å². The van der Waals surface area contributed by atoms with E-state index in [4.69, 9.17) is 16.7 Å². The van der Waals surface area contributed by atoms with Crippen molar-refractivity contribution in [1.82, 2.24) is 9.55 Å². The number of amides is 1. The Morgan fingerprint density at radius 3 is 2.64 bits per heavy atom. The molecule has 0 radical (unpaired) electrons. The van der Waals surface area contributed by atoms with Crippen LogP contribution in [0.15, 0.2) is 55.4 Å². The van der Waals surface area contributed by atoms with Crippen LogP contribution in [-0.4, -0.2) is 33.1 Å². The Balaban J connectivity index is 2.03. The van der Waals surface area contributed by atoms with Crippen molar-refractivity contribution < 1.29 is 14.7 Å². The fraction of sp³-hybridized carbons (Fsp3) is 0.0952. The van der Waals surface area contributed by atoms with Gasteiger partial charge in [-0.15, -0.1) is 0 Å². The molecule has 0 atom stereocenters. The van der Waals surface area contributed by atoms with E-state index in [1.54, 1.807) is 6.07 Å². The van der Waals surface area contributed by atoms with E-state index in [2.05, 4.69) is 11.6 Å². The second-order valence-corrected chi connectivity index (χ2v) is 6.60. The molecule has 0 saturated carbocycles. The third-order valence-electron chi connectivity index (χ3n) is 4.20. The summed E-state index contributed by atoms with van der Waals surface area (Å²) in [5, 5.41) is 10.6. The lowest BCUT2D eigenvalue weighted by Gasteiger charge is -2.18. The molecule has 0 unspecified atom stereocenters. The minimum atomic E-state index is -1.12. The van der Waals surface area contributed by atoms with Crippen LogP contribution in [0.4, 0.5) is 5.69 Å². The Morgan fingerprint density at radius 2 is 2.00 bits per heavy atom. The molecule has 0 bridgehead atoms. The summed E-state index contributed by atoms with van der Waals surface area (Å²) >= 11 is 5.91. The van der Waals surface area contributed by atoms with E-state index in [1.165, 1.54) is 6.20 Å². The maximum Gasteiger partial charge on any atom is 0.323 e. The number of benzene rings is 1. The van der Waals surface area contributed by atoms with Gasteiger partial charge in [-0.3, -0.25) is 14.5 Å². The topological polar surface area (TPSA) is 75.4 Å². The van der Waals surface area contributed by atoms with Crippen LogP contribution >= 0.6 is 11.6 Å². The summed E-state index contributed by atoms with van der Waals surface area (Å²) in [5.41, 5.74) is 3.00. The largest absolute Gasteiger partial charge is 0.480 e. The average Bonchev–Trinajstić information content (AvgIpc) is 3.00. The third-order valence-corrected chi connectivity index (χ3v) is 4.45. The van der Waals surface area contributed by atoms with E-state index in [9.17, 15) is 9.59 Å². The van der Waals surface area contributed by atoms with Gasteiger partial charge in [0.05, 0.1) is 11.9 Å². The molecule has 1 amide bonds. The molecule has 0 spiro atoms. The Labute approximate surface area is 167 Å². The molecule has 1 aromatic carbocycles. The molecule has 2 heterocycles. The van der Waals surface area contributed by atoms with E-state index in [1.807, 2.05) is 54.2 Å². The highest BCUT2D eigenvalue weighted by Crippen LogP contribution is 2.26. The monoisotopic (exact) mass is 395 g/mol. The van der Waals surface area contributed by atoms with Crippen molar-refractivity contribution in [2.45, 2.75) is 0 Å². The summed E-state index contributed by atoms with van der Waals surface area (Å²) in [4.78, 5) is 28.8. The number of aromatic nitrogens is 2. The fourth-order valence-corrected chi connectivity index (χ4v) is 2.99. The highest BCUT2D eigenvalue weighted by Gasteiger charge is 2.18. The van der Waals surface area contributed by atoms with E-state index >= 15 is 0 Å². The smallest absolute Gasteiger partial charge is 0.323 e. The van der Waals surface area contributed by atoms with Crippen molar-refractivity contribution in [2.24, 2.45) is 7.05 Å². The molecule has 6 nitrogen and oxygen atoms in total. The van der Waals surface area contributed by atoms with Gasteiger partial charge in [0, 0.05) is 29.2 Å². The molecule has 28 heavy (non-hydrogen) atoms. The van der Waals surface area contributed by atoms with Crippen molar-refractivity contribution in [2.75, 3.05) is 11.4 Å². The first-order valence-electron chi connectivity index (χ1n) is 8.43. The standard InChI is InChI=1S/C21H18ClN3O3/c1-3-19(26)25(13-20(27)28)17-10-18-15(12-24(2)21(18)23-11-17)7-4-14-5-8-16(22)9-6-14/h3-12H,1,13H2,2H3,(H,27,28)/b7-4+. The SMILES string of the molecule is C=CC(=O)N(CC(=O)O)c1cnc2c(c1)c(/C=C/c1ccc(Cl)cc1)cn2C. The number of halogens is 1. The van der Waals surface area contributed by atoms with Gasteiger partial charge in [-0.1, -0.05) is 42.5 Å². The second-order valence-electron chi connectivity index (χ2n) is 6.17. The second kappa shape index (κ2) is 8.10. The third kappa shape index (κ3) is 4.13. The van der Waals surface area contributed by atoms with Crippen molar-refractivity contribution in [3.05, 3.63) is 71.5 Å². The number of aliphatic carboxylic acids is 1. The van der Waals surface area contributed by atoms with E-state index in [0.717, 1.165) is 33.1 Å². The first-order chi connectivity index (χ1) is 13.4. The Kier molecular flexibility index (Phi) is 5.61. The quantitative estimate of drug-likeness (QED) is 0.640. The van der Waals surface area contributed by atoms with Crippen LogP contribution in [0.2, 0.25) is 5.02 Å². The number of carboxylic acid groups (broad SMARTS) is 1. The first kappa shape index (κ1) is 19.4. The highest BCUT2D eigenvalue weighted by atomic mass is 35.5. The van der Waals surface area contributed by atoms with Gasteiger partial charge in [-0.05, 0) is 29.8 Å². The number of carbonyl (C=O) groups is 2. The predicted octanol–water partition coefficient (Wildman–Crippen LogP) is 4.00. The number of pyridine rings is 1. The zero-order chi connectivity index (χ0) is 20.3. The number of carboxylic acids is 1. The van der Waals surface area contributed by atoms with Crippen molar-refractivity contribution in [1.29, 1.82) is 0 Å². The number of fused-ring (bicyclic) bond motifs is 1. The summed E-state index contributed by atoms with van der Waals surface area (Å²) in [7, 11) is 1.87. The van der Waals surface area contributed by atoms with Crippen LogP contribution < -0.4 is 4.90 Å². The molecular weight excluding hydrogens is 378 g/mol. The first-order valence-corrected chi connectivity index (χ1v) is 8.81. The van der Waals surface area contributed by atoms with Gasteiger partial charge in [0.15, 0.2) is 0 Å². The number of hydrogen-bond donors (Lipinski definition) is 1. The minimum Gasteiger partial charge on any atom is -0.480 e. The number of rotatable bonds is 6. The van der Waals surface area contributed by atoms with Crippen LogP contribution in [0.3, 0.4) is 0 Å². The van der Waals surface area contributed by atoms with Crippen LogP contribution in [0.5, 0.6) is 0 Å². The molecule has 0 fully saturated rings. The average molecular weight is 396 g/mol.